The zero-order chi connectivity index (χ0) is 15.0. The number of nitrogens with two attached hydrogens (primary N) is 1. The average molecular weight is 297 g/mol. The fourth-order valence-electron chi connectivity index (χ4n) is 2.41. The van der Waals surface area contributed by atoms with E-state index in [0.29, 0.717) is 16.3 Å². The molecule has 0 radical (unpaired) electrons. The second kappa shape index (κ2) is 5.12. The van der Waals surface area contributed by atoms with Gasteiger partial charge in [-0.3, -0.25) is 4.57 Å². The maximum absolute atomic E-state index is 9.09. The van der Waals surface area contributed by atoms with Gasteiger partial charge in [0.25, 0.3) is 0 Å². The second-order valence-corrected chi connectivity index (χ2v) is 5.15. The van der Waals surface area contributed by atoms with Crippen molar-refractivity contribution in [3.05, 3.63) is 52.8 Å². The minimum atomic E-state index is 0.564. The van der Waals surface area contributed by atoms with Crippen LogP contribution in [0.15, 0.2) is 36.4 Å². The van der Waals surface area contributed by atoms with Crippen molar-refractivity contribution in [1.29, 1.82) is 5.26 Å². The zero-order valence-corrected chi connectivity index (χ0v) is 12.2. The Hall–Kier alpha value is -2.51. The summed E-state index contributed by atoms with van der Waals surface area (Å²) in [5.74, 6) is 0.882. The Morgan fingerprint density at radius 3 is 2.81 bits per heavy atom. The van der Waals surface area contributed by atoms with Crippen LogP contribution in [0.1, 0.15) is 18.3 Å². The van der Waals surface area contributed by atoms with Gasteiger partial charge in [0.2, 0.25) is 0 Å². The van der Waals surface area contributed by atoms with E-state index < -0.39 is 0 Å². The summed E-state index contributed by atoms with van der Waals surface area (Å²) in [6, 6.07) is 13.0. The van der Waals surface area contributed by atoms with Gasteiger partial charge in [-0.15, -0.1) is 0 Å². The van der Waals surface area contributed by atoms with Crippen molar-refractivity contribution in [3.8, 4) is 11.8 Å². The van der Waals surface area contributed by atoms with Crippen molar-refractivity contribution in [3.63, 3.8) is 0 Å². The molecule has 0 aliphatic carbocycles. The van der Waals surface area contributed by atoms with Crippen LogP contribution in [0.4, 0.5) is 5.69 Å². The summed E-state index contributed by atoms with van der Waals surface area (Å²) < 4.78 is 1.98. The highest BCUT2D eigenvalue weighted by Gasteiger charge is 2.14. The van der Waals surface area contributed by atoms with Gasteiger partial charge in [0.05, 0.1) is 33.4 Å². The Morgan fingerprint density at radius 2 is 2.10 bits per heavy atom. The van der Waals surface area contributed by atoms with Gasteiger partial charge in [-0.1, -0.05) is 18.5 Å². The number of nitrogens with zero attached hydrogens (tertiary/aromatic N) is 3. The van der Waals surface area contributed by atoms with Gasteiger partial charge in [-0.25, -0.2) is 4.98 Å². The van der Waals surface area contributed by atoms with E-state index in [1.54, 1.807) is 18.2 Å². The van der Waals surface area contributed by atoms with Crippen LogP contribution in [0, 0.1) is 11.3 Å². The first kappa shape index (κ1) is 13.5. The van der Waals surface area contributed by atoms with Gasteiger partial charge in [0.1, 0.15) is 5.82 Å². The van der Waals surface area contributed by atoms with E-state index >= 15 is 0 Å². The molecule has 3 aromatic rings. The van der Waals surface area contributed by atoms with Crippen molar-refractivity contribution < 1.29 is 0 Å². The maximum atomic E-state index is 9.09. The van der Waals surface area contributed by atoms with Gasteiger partial charge in [0, 0.05) is 12.1 Å². The number of anilines is 1. The van der Waals surface area contributed by atoms with Gasteiger partial charge in [0.15, 0.2) is 0 Å². The summed E-state index contributed by atoms with van der Waals surface area (Å²) in [7, 11) is 0. The number of benzene rings is 2. The quantitative estimate of drug-likeness (QED) is 0.733. The number of rotatable bonds is 2. The molecule has 0 amide bonds. The number of halogens is 1. The highest BCUT2D eigenvalue weighted by atomic mass is 35.5. The molecule has 0 aliphatic heterocycles. The highest BCUT2D eigenvalue weighted by molar-refractivity contribution is 6.32. The third-order valence-electron chi connectivity index (χ3n) is 3.38. The molecule has 2 N–H and O–H groups in total. The first-order chi connectivity index (χ1) is 10.1. The first-order valence-electron chi connectivity index (χ1n) is 6.61. The number of fused-ring (bicyclic) bond motifs is 1. The lowest BCUT2D eigenvalue weighted by atomic mass is 10.2. The van der Waals surface area contributed by atoms with E-state index in [1.807, 2.05) is 29.7 Å². The fraction of sp³-hybridized carbons (Fsp3) is 0.125. The number of hydrogen-bond acceptors (Lipinski definition) is 3. The number of nitriles is 1. The van der Waals surface area contributed by atoms with Gasteiger partial charge >= 0.3 is 0 Å². The van der Waals surface area contributed by atoms with E-state index in [9.17, 15) is 0 Å². The number of hydrogen-bond donors (Lipinski definition) is 1. The van der Waals surface area contributed by atoms with Crippen molar-refractivity contribution in [2.45, 2.75) is 13.3 Å². The zero-order valence-electron chi connectivity index (χ0n) is 11.5. The molecule has 2 aromatic carbocycles. The molecule has 0 atom stereocenters. The lowest BCUT2D eigenvalue weighted by molar-refractivity contribution is 0.908. The summed E-state index contributed by atoms with van der Waals surface area (Å²) in [4.78, 5) is 4.61. The Balaban J connectivity index is 2.36. The minimum absolute atomic E-state index is 0.564. The highest BCUT2D eigenvalue weighted by Crippen LogP contribution is 2.29. The molecule has 0 fully saturated rings. The number of aryl methyl sites for hydroxylation is 1. The van der Waals surface area contributed by atoms with Crippen molar-refractivity contribution in [2.75, 3.05) is 5.73 Å². The minimum Gasteiger partial charge on any atom is -0.399 e. The van der Waals surface area contributed by atoms with Crippen LogP contribution in [0.3, 0.4) is 0 Å². The van der Waals surface area contributed by atoms with Crippen LogP contribution in [-0.4, -0.2) is 9.55 Å². The van der Waals surface area contributed by atoms with E-state index in [0.717, 1.165) is 29.0 Å². The normalized spacial score (nSPS) is 10.7. The molecular weight excluding hydrogens is 284 g/mol. The lowest BCUT2D eigenvalue weighted by Gasteiger charge is -2.10. The molecule has 3 rings (SSSR count). The van der Waals surface area contributed by atoms with E-state index in [2.05, 4.69) is 11.1 Å². The Morgan fingerprint density at radius 1 is 1.29 bits per heavy atom. The van der Waals surface area contributed by atoms with E-state index in [4.69, 9.17) is 22.6 Å². The second-order valence-electron chi connectivity index (χ2n) is 4.74. The van der Waals surface area contributed by atoms with Gasteiger partial charge < -0.3 is 5.73 Å². The Bertz CT molecular complexity index is 874. The number of nitrogen functional groups attached to an aromatic ring is 1. The maximum Gasteiger partial charge on any atom is 0.114 e. The van der Waals surface area contributed by atoms with Crippen LogP contribution in [0.25, 0.3) is 16.7 Å². The molecular formula is C16H13ClN4. The molecule has 0 bridgehead atoms. The van der Waals surface area contributed by atoms with E-state index in [1.165, 1.54) is 0 Å². The van der Waals surface area contributed by atoms with Gasteiger partial charge in [-0.2, -0.15) is 5.26 Å². The molecule has 0 aliphatic rings. The molecule has 0 unspecified atom stereocenters. The predicted molar refractivity (Wildman–Crippen MR) is 84.6 cm³/mol. The molecule has 21 heavy (non-hydrogen) atoms. The van der Waals surface area contributed by atoms with Crippen molar-refractivity contribution in [2.24, 2.45) is 0 Å². The van der Waals surface area contributed by atoms with Crippen LogP contribution in [-0.2, 0) is 6.42 Å². The number of aromatic nitrogens is 2. The smallest absolute Gasteiger partial charge is 0.114 e. The number of imidazole rings is 1. The molecule has 1 aromatic heterocycles. The molecule has 0 spiro atoms. The van der Waals surface area contributed by atoms with Crippen LogP contribution >= 0.6 is 11.6 Å². The van der Waals surface area contributed by atoms with Crippen molar-refractivity contribution >= 4 is 28.3 Å². The third kappa shape index (κ3) is 2.22. The molecule has 4 nitrogen and oxygen atoms in total. The topological polar surface area (TPSA) is 67.6 Å². The SMILES string of the molecule is CCc1nc2cc(N)ccc2n1-c1cc(C#N)ccc1Cl. The summed E-state index contributed by atoms with van der Waals surface area (Å²) >= 11 is 6.32. The standard InChI is InChI=1S/C16H13ClN4/c1-2-16-20-13-8-11(19)4-6-14(13)21(16)15-7-10(9-18)3-5-12(15)17/h3-8H,2,19H2,1H3. The molecule has 104 valence electrons. The summed E-state index contributed by atoms with van der Waals surface area (Å²) in [6.07, 6.45) is 0.752. The predicted octanol–water partition coefficient (Wildman–Crippen LogP) is 3.70. The first-order valence-corrected chi connectivity index (χ1v) is 6.98. The summed E-state index contributed by atoms with van der Waals surface area (Å²) in [5.41, 5.74) is 9.57. The van der Waals surface area contributed by atoms with E-state index in [-0.39, 0.29) is 0 Å². The third-order valence-corrected chi connectivity index (χ3v) is 3.70. The monoisotopic (exact) mass is 296 g/mol. The van der Waals surface area contributed by atoms with Crippen molar-refractivity contribution in [1.82, 2.24) is 9.55 Å². The lowest BCUT2D eigenvalue weighted by Crippen LogP contribution is -2.01. The molecule has 0 saturated heterocycles. The van der Waals surface area contributed by atoms with Crippen LogP contribution in [0.5, 0.6) is 0 Å². The fourth-order valence-corrected chi connectivity index (χ4v) is 2.61. The summed E-state index contributed by atoms with van der Waals surface area (Å²) in [6.45, 7) is 2.03. The molecule has 5 heteroatoms. The van der Waals surface area contributed by atoms with Crippen LogP contribution in [0.2, 0.25) is 5.02 Å². The largest absolute Gasteiger partial charge is 0.399 e. The Labute approximate surface area is 127 Å². The molecule has 0 saturated carbocycles. The average Bonchev–Trinajstić information content (AvgIpc) is 2.85. The van der Waals surface area contributed by atoms with Gasteiger partial charge in [-0.05, 0) is 36.4 Å². The Kier molecular flexibility index (Phi) is 3.28. The van der Waals surface area contributed by atoms with Crippen LogP contribution < -0.4 is 5.73 Å². The molecule has 1 heterocycles. The summed E-state index contributed by atoms with van der Waals surface area (Å²) in [5, 5.41) is 9.68.